The predicted octanol–water partition coefficient (Wildman–Crippen LogP) is 4.37. The van der Waals surface area contributed by atoms with E-state index in [2.05, 4.69) is 0 Å². The van der Waals surface area contributed by atoms with Crippen LogP contribution in [-0.4, -0.2) is 5.11 Å². The highest BCUT2D eigenvalue weighted by Crippen LogP contribution is 2.28. The maximum Gasteiger partial charge on any atom is 0.127 e. The van der Waals surface area contributed by atoms with Crippen molar-refractivity contribution >= 4 is 11.6 Å². The first kappa shape index (κ1) is 14.0. The fourth-order valence-electron chi connectivity index (χ4n) is 2.17. The molecule has 0 bridgehead atoms. The van der Waals surface area contributed by atoms with Crippen LogP contribution in [0.25, 0.3) is 0 Å². The Hall–Kier alpha value is -1.38. The Morgan fingerprint density at radius 1 is 1.16 bits per heavy atom. The third-order valence-electron chi connectivity index (χ3n) is 3.46. The summed E-state index contributed by atoms with van der Waals surface area (Å²) in [6.07, 6.45) is -0.579. The minimum absolute atomic E-state index is 0.176. The van der Waals surface area contributed by atoms with Crippen LogP contribution in [0, 0.1) is 19.7 Å². The molecule has 0 aliphatic rings. The van der Waals surface area contributed by atoms with E-state index in [9.17, 15) is 9.50 Å². The van der Waals surface area contributed by atoms with Gasteiger partial charge in [0.05, 0.1) is 6.10 Å². The van der Waals surface area contributed by atoms with Crippen LogP contribution in [0.4, 0.5) is 4.39 Å². The number of hydrogen-bond acceptors (Lipinski definition) is 1. The molecule has 0 radical (unpaired) electrons. The first-order valence-corrected chi connectivity index (χ1v) is 6.55. The summed E-state index contributed by atoms with van der Waals surface area (Å²) >= 11 is 5.98. The molecule has 3 heteroatoms. The second-order valence-electron chi connectivity index (χ2n) is 4.71. The SMILES string of the molecule is Cc1cccc(C(O)Cc2c(F)cccc2Cl)c1C. The molecular formula is C16H16ClFO. The molecule has 1 N–H and O–H groups in total. The first-order valence-electron chi connectivity index (χ1n) is 6.17. The molecule has 0 saturated heterocycles. The lowest BCUT2D eigenvalue weighted by Gasteiger charge is -2.16. The molecule has 0 amide bonds. The molecule has 1 atom stereocenters. The zero-order valence-electron chi connectivity index (χ0n) is 11.0. The fourth-order valence-corrected chi connectivity index (χ4v) is 2.41. The molecule has 0 aliphatic carbocycles. The number of hydrogen-bond donors (Lipinski definition) is 1. The zero-order valence-corrected chi connectivity index (χ0v) is 11.7. The number of benzene rings is 2. The third kappa shape index (κ3) is 2.96. The lowest BCUT2D eigenvalue weighted by Crippen LogP contribution is -2.06. The van der Waals surface area contributed by atoms with Crippen molar-refractivity contribution in [3.8, 4) is 0 Å². The number of aryl methyl sites for hydroxylation is 1. The standard InChI is InChI=1S/C16H16ClFO/c1-10-5-3-6-12(11(10)2)16(19)9-13-14(17)7-4-8-15(13)18/h3-8,16,19H,9H2,1-2H3. The van der Waals surface area contributed by atoms with E-state index in [0.717, 1.165) is 16.7 Å². The van der Waals surface area contributed by atoms with E-state index < -0.39 is 6.10 Å². The number of rotatable bonds is 3. The molecular weight excluding hydrogens is 263 g/mol. The minimum Gasteiger partial charge on any atom is -0.388 e. The molecule has 100 valence electrons. The van der Waals surface area contributed by atoms with Crippen LogP contribution in [0.2, 0.25) is 5.02 Å². The molecule has 0 saturated carbocycles. The summed E-state index contributed by atoms with van der Waals surface area (Å²) in [6, 6.07) is 10.3. The summed E-state index contributed by atoms with van der Waals surface area (Å²) in [5, 5.41) is 10.7. The molecule has 0 aliphatic heterocycles. The van der Waals surface area contributed by atoms with Gasteiger partial charge >= 0.3 is 0 Å². The van der Waals surface area contributed by atoms with E-state index in [4.69, 9.17) is 11.6 Å². The van der Waals surface area contributed by atoms with Gasteiger partial charge in [-0.3, -0.25) is 0 Å². The van der Waals surface area contributed by atoms with Gasteiger partial charge in [-0.25, -0.2) is 4.39 Å². The van der Waals surface area contributed by atoms with Crippen molar-refractivity contribution in [2.24, 2.45) is 0 Å². The van der Waals surface area contributed by atoms with E-state index >= 15 is 0 Å². The van der Waals surface area contributed by atoms with Crippen molar-refractivity contribution in [3.05, 3.63) is 69.5 Å². The van der Waals surface area contributed by atoms with Gasteiger partial charge in [0.15, 0.2) is 0 Å². The van der Waals surface area contributed by atoms with E-state index in [-0.39, 0.29) is 12.2 Å². The maximum absolute atomic E-state index is 13.7. The number of aliphatic hydroxyl groups is 1. The van der Waals surface area contributed by atoms with Gasteiger partial charge in [0.25, 0.3) is 0 Å². The molecule has 0 fully saturated rings. The minimum atomic E-state index is -0.755. The number of aliphatic hydroxyl groups excluding tert-OH is 1. The molecule has 1 unspecified atom stereocenters. The van der Waals surface area contributed by atoms with Crippen LogP contribution < -0.4 is 0 Å². The van der Waals surface area contributed by atoms with Crippen molar-refractivity contribution < 1.29 is 9.50 Å². The predicted molar refractivity (Wildman–Crippen MR) is 76.0 cm³/mol. The smallest absolute Gasteiger partial charge is 0.127 e. The Balaban J connectivity index is 2.31. The fraction of sp³-hybridized carbons (Fsp3) is 0.250. The van der Waals surface area contributed by atoms with Crippen LogP contribution in [0.3, 0.4) is 0 Å². The average Bonchev–Trinajstić information content (AvgIpc) is 2.37. The van der Waals surface area contributed by atoms with Crippen LogP contribution in [0.1, 0.15) is 28.4 Å². The van der Waals surface area contributed by atoms with Gasteiger partial charge in [-0.05, 0) is 42.7 Å². The van der Waals surface area contributed by atoms with E-state index in [1.807, 2.05) is 32.0 Å². The van der Waals surface area contributed by atoms with E-state index in [1.54, 1.807) is 12.1 Å². The molecule has 0 aromatic heterocycles. The molecule has 19 heavy (non-hydrogen) atoms. The van der Waals surface area contributed by atoms with E-state index in [1.165, 1.54) is 6.07 Å². The van der Waals surface area contributed by atoms with Gasteiger partial charge < -0.3 is 5.11 Å². The highest BCUT2D eigenvalue weighted by atomic mass is 35.5. The largest absolute Gasteiger partial charge is 0.388 e. The number of halogens is 2. The van der Waals surface area contributed by atoms with Crippen LogP contribution in [0.5, 0.6) is 0 Å². The van der Waals surface area contributed by atoms with Gasteiger partial charge in [-0.2, -0.15) is 0 Å². The summed E-state index contributed by atoms with van der Waals surface area (Å²) in [5.41, 5.74) is 3.32. The average molecular weight is 279 g/mol. The lowest BCUT2D eigenvalue weighted by atomic mass is 9.95. The van der Waals surface area contributed by atoms with Crippen LogP contribution >= 0.6 is 11.6 Å². The van der Waals surface area contributed by atoms with Crippen LogP contribution in [0.15, 0.2) is 36.4 Å². The molecule has 0 spiro atoms. The molecule has 1 nitrogen and oxygen atoms in total. The van der Waals surface area contributed by atoms with Crippen molar-refractivity contribution in [2.45, 2.75) is 26.4 Å². The van der Waals surface area contributed by atoms with Gasteiger partial charge in [0.2, 0.25) is 0 Å². The Kier molecular flexibility index (Phi) is 4.23. The van der Waals surface area contributed by atoms with Crippen LogP contribution in [-0.2, 0) is 6.42 Å². The Morgan fingerprint density at radius 2 is 1.84 bits per heavy atom. The van der Waals surface area contributed by atoms with Gasteiger partial charge in [-0.1, -0.05) is 35.9 Å². The second kappa shape index (κ2) is 5.72. The quantitative estimate of drug-likeness (QED) is 0.884. The van der Waals surface area contributed by atoms with Crippen molar-refractivity contribution in [1.29, 1.82) is 0 Å². The van der Waals surface area contributed by atoms with Gasteiger partial charge in [0, 0.05) is 17.0 Å². The molecule has 2 aromatic rings. The first-order chi connectivity index (χ1) is 9.00. The van der Waals surface area contributed by atoms with Crippen molar-refractivity contribution in [3.63, 3.8) is 0 Å². The Labute approximate surface area is 117 Å². The summed E-state index contributed by atoms with van der Waals surface area (Å²) in [5.74, 6) is -0.378. The topological polar surface area (TPSA) is 20.2 Å². The summed E-state index contributed by atoms with van der Waals surface area (Å²) in [7, 11) is 0. The maximum atomic E-state index is 13.7. The van der Waals surface area contributed by atoms with Crippen molar-refractivity contribution in [2.75, 3.05) is 0 Å². The lowest BCUT2D eigenvalue weighted by molar-refractivity contribution is 0.176. The highest BCUT2D eigenvalue weighted by Gasteiger charge is 2.16. The Bertz CT molecular complexity index is 575. The van der Waals surface area contributed by atoms with Gasteiger partial charge in [-0.15, -0.1) is 0 Å². The third-order valence-corrected chi connectivity index (χ3v) is 3.82. The molecule has 0 heterocycles. The zero-order chi connectivity index (χ0) is 14.0. The van der Waals surface area contributed by atoms with E-state index in [0.29, 0.717) is 10.6 Å². The monoisotopic (exact) mass is 278 g/mol. The summed E-state index contributed by atoms with van der Waals surface area (Å²) in [4.78, 5) is 0. The summed E-state index contributed by atoms with van der Waals surface area (Å²) < 4.78 is 13.7. The van der Waals surface area contributed by atoms with Crippen molar-refractivity contribution in [1.82, 2.24) is 0 Å². The molecule has 2 aromatic carbocycles. The Morgan fingerprint density at radius 3 is 2.53 bits per heavy atom. The highest BCUT2D eigenvalue weighted by molar-refractivity contribution is 6.31. The second-order valence-corrected chi connectivity index (χ2v) is 5.12. The summed E-state index contributed by atoms with van der Waals surface area (Å²) in [6.45, 7) is 3.94. The van der Waals surface area contributed by atoms with Gasteiger partial charge in [0.1, 0.15) is 5.82 Å². The normalized spacial score (nSPS) is 12.5. The molecule has 2 rings (SSSR count).